The first-order valence-electron chi connectivity index (χ1n) is 9.07. The summed E-state index contributed by atoms with van der Waals surface area (Å²) in [6, 6.07) is 18.5. The van der Waals surface area contributed by atoms with Gasteiger partial charge in [-0.2, -0.15) is 0 Å². The summed E-state index contributed by atoms with van der Waals surface area (Å²) < 4.78 is 0. The van der Waals surface area contributed by atoms with Crippen molar-refractivity contribution in [1.29, 1.82) is 0 Å². The van der Waals surface area contributed by atoms with E-state index >= 15 is 0 Å². The van der Waals surface area contributed by atoms with Crippen LogP contribution in [0.4, 0.5) is 5.69 Å². The van der Waals surface area contributed by atoms with Crippen LogP contribution in [-0.4, -0.2) is 23.9 Å². The number of benzene rings is 2. The van der Waals surface area contributed by atoms with Crippen molar-refractivity contribution in [2.45, 2.75) is 46.1 Å². The molecule has 1 N–H and O–H groups in total. The van der Waals surface area contributed by atoms with Crippen LogP contribution in [0.2, 0.25) is 0 Å². The Hall–Kier alpha value is -2.29. The molecule has 3 heteroatoms. The van der Waals surface area contributed by atoms with Gasteiger partial charge in [0.25, 0.3) is 0 Å². The minimum Gasteiger partial charge on any atom is -0.384 e. The van der Waals surface area contributed by atoms with Crippen LogP contribution in [0.3, 0.4) is 0 Å². The molecule has 0 fully saturated rings. The fraction of sp³-hybridized carbons (Fsp3) is 0.409. The third kappa shape index (κ3) is 5.63. The summed E-state index contributed by atoms with van der Waals surface area (Å²) in [6.07, 6.45) is 0.499. The highest BCUT2D eigenvalue weighted by Crippen LogP contribution is 2.29. The second-order valence-corrected chi connectivity index (χ2v) is 7.37. The molecule has 0 heterocycles. The molecular weight excluding hydrogens is 308 g/mol. The number of nitrogens with zero attached hydrogens (tertiary/aromatic N) is 1. The fourth-order valence-electron chi connectivity index (χ4n) is 2.93. The minimum atomic E-state index is 0.0797. The number of anilines is 1. The molecule has 0 bridgehead atoms. The van der Waals surface area contributed by atoms with E-state index < -0.39 is 0 Å². The normalized spacial score (nSPS) is 11.2. The number of hydrogen-bond acceptors (Lipinski definition) is 2. The van der Waals surface area contributed by atoms with E-state index in [1.807, 2.05) is 36.1 Å². The quantitative estimate of drug-likeness (QED) is 0.784. The number of para-hydroxylation sites is 1. The van der Waals surface area contributed by atoms with E-state index in [4.69, 9.17) is 0 Å². The van der Waals surface area contributed by atoms with Crippen LogP contribution in [0, 0.1) is 0 Å². The summed E-state index contributed by atoms with van der Waals surface area (Å²) in [4.78, 5) is 14.4. The molecule has 0 atom stereocenters. The molecule has 0 spiro atoms. The Morgan fingerprint density at radius 2 is 1.64 bits per heavy atom. The van der Waals surface area contributed by atoms with E-state index in [0.717, 1.165) is 12.2 Å². The van der Waals surface area contributed by atoms with Crippen LogP contribution in [0.5, 0.6) is 0 Å². The van der Waals surface area contributed by atoms with Crippen LogP contribution >= 0.6 is 0 Å². The van der Waals surface area contributed by atoms with Gasteiger partial charge in [-0.1, -0.05) is 69.3 Å². The Labute approximate surface area is 152 Å². The van der Waals surface area contributed by atoms with E-state index in [1.54, 1.807) is 0 Å². The summed E-state index contributed by atoms with van der Waals surface area (Å²) in [5.41, 5.74) is 3.65. The molecule has 134 valence electrons. The second kappa shape index (κ2) is 8.70. The first-order chi connectivity index (χ1) is 11.9. The van der Waals surface area contributed by atoms with Gasteiger partial charge in [0, 0.05) is 31.7 Å². The largest absolute Gasteiger partial charge is 0.384 e. The van der Waals surface area contributed by atoms with Crippen LogP contribution in [0.25, 0.3) is 0 Å². The number of carbonyl (C=O) groups is 1. The van der Waals surface area contributed by atoms with E-state index in [-0.39, 0.29) is 11.3 Å². The van der Waals surface area contributed by atoms with Gasteiger partial charge >= 0.3 is 0 Å². The molecule has 0 radical (unpaired) electrons. The Bertz CT molecular complexity index is 674. The first kappa shape index (κ1) is 19.0. The minimum absolute atomic E-state index is 0.0797. The number of rotatable bonds is 7. The average molecular weight is 338 g/mol. The van der Waals surface area contributed by atoms with Gasteiger partial charge in [-0.25, -0.2) is 0 Å². The molecule has 2 aromatic carbocycles. The van der Waals surface area contributed by atoms with E-state index in [0.29, 0.717) is 19.5 Å². The number of carbonyl (C=O) groups excluding carboxylic acids is 1. The monoisotopic (exact) mass is 338 g/mol. The van der Waals surface area contributed by atoms with Crippen LogP contribution in [0.1, 0.15) is 45.2 Å². The van der Waals surface area contributed by atoms with Gasteiger partial charge in [0.15, 0.2) is 0 Å². The van der Waals surface area contributed by atoms with E-state index in [2.05, 4.69) is 56.4 Å². The van der Waals surface area contributed by atoms with Crippen LogP contribution in [0.15, 0.2) is 54.6 Å². The lowest BCUT2D eigenvalue weighted by Crippen LogP contribution is -2.31. The van der Waals surface area contributed by atoms with Crippen molar-refractivity contribution in [2.24, 2.45) is 0 Å². The predicted octanol–water partition coefficient (Wildman–Crippen LogP) is 4.83. The van der Waals surface area contributed by atoms with Crippen LogP contribution in [-0.2, 0) is 16.8 Å². The van der Waals surface area contributed by atoms with Crippen molar-refractivity contribution in [2.75, 3.05) is 18.4 Å². The molecular formula is C22H30N2O. The first-order valence-corrected chi connectivity index (χ1v) is 9.07. The smallest absolute Gasteiger partial charge is 0.224 e. The summed E-state index contributed by atoms with van der Waals surface area (Å²) in [6.45, 7) is 10.7. The van der Waals surface area contributed by atoms with Gasteiger partial charge in [-0.15, -0.1) is 0 Å². The van der Waals surface area contributed by atoms with Crippen molar-refractivity contribution in [3.05, 3.63) is 65.7 Å². The van der Waals surface area contributed by atoms with E-state index in [9.17, 15) is 4.79 Å². The van der Waals surface area contributed by atoms with Crippen LogP contribution < -0.4 is 5.32 Å². The van der Waals surface area contributed by atoms with Crippen molar-refractivity contribution in [3.8, 4) is 0 Å². The number of hydrogen-bond donors (Lipinski definition) is 1. The zero-order valence-corrected chi connectivity index (χ0v) is 15.9. The molecule has 0 saturated heterocycles. The Kier molecular flexibility index (Phi) is 6.63. The average Bonchev–Trinajstić information content (AvgIpc) is 2.60. The topological polar surface area (TPSA) is 32.3 Å². The Balaban J connectivity index is 1.91. The Morgan fingerprint density at radius 3 is 2.28 bits per heavy atom. The molecule has 0 aliphatic carbocycles. The lowest BCUT2D eigenvalue weighted by Gasteiger charge is -2.24. The molecule has 2 rings (SSSR count). The standard InChI is InChI=1S/C22H30N2O/c1-5-24(17-18-11-7-6-8-12-18)21(25)15-16-23-20-14-10-9-13-19(20)22(2,3)4/h6-14,23H,5,15-17H2,1-4H3. The second-order valence-electron chi connectivity index (χ2n) is 7.37. The Morgan fingerprint density at radius 1 is 1.00 bits per heavy atom. The van der Waals surface area contributed by atoms with Crippen molar-refractivity contribution in [3.63, 3.8) is 0 Å². The molecule has 0 aliphatic rings. The van der Waals surface area contributed by atoms with Crippen molar-refractivity contribution >= 4 is 11.6 Å². The van der Waals surface area contributed by atoms with Gasteiger partial charge in [0.2, 0.25) is 5.91 Å². The van der Waals surface area contributed by atoms with E-state index in [1.165, 1.54) is 11.1 Å². The lowest BCUT2D eigenvalue weighted by atomic mass is 9.86. The third-order valence-electron chi connectivity index (χ3n) is 4.34. The molecule has 3 nitrogen and oxygen atoms in total. The van der Waals surface area contributed by atoms with Gasteiger partial charge in [0.1, 0.15) is 0 Å². The molecule has 0 unspecified atom stereocenters. The van der Waals surface area contributed by atoms with Gasteiger partial charge in [-0.05, 0) is 29.5 Å². The maximum atomic E-state index is 12.5. The zero-order chi connectivity index (χ0) is 18.3. The van der Waals surface area contributed by atoms with Crippen molar-refractivity contribution in [1.82, 2.24) is 4.90 Å². The molecule has 0 aliphatic heterocycles. The molecule has 25 heavy (non-hydrogen) atoms. The maximum Gasteiger partial charge on any atom is 0.224 e. The zero-order valence-electron chi connectivity index (χ0n) is 15.9. The fourth-order valence-corrected chi connectivity index (χ4v) is 2.93. The van der Waals surface area contributed by atoms with Gasteiger partial charge < -0.3 is 10.2 Å². The molecule has 0 saturated carbocycles. The van der Waals surface area contributed by atoms with Gasteiger partial charge in [0.05, 0.1) is 0 Å². The molecule has 2 aromatic rings. The number of nitrogens with one attached hydrogen (secondary N) is 1. The highest BCUT2D eigenvalue weighted by atomic mass is 16.2. The highest BCUT2D eigenvalue weighted by Gasteiger charge is 2.17. The predicted molar refractivity (Wildman–Crippen MR) is 106 cm³/mol. The molecule has 1 amide bonds. The maximum absolute atomic E-state index is 12.5. The summed E-state index contributed by atoms with van der Waals surface area (Å²) >= 11 is 0. The highest BCUT2D eigenvalue weighted by molar-refractivity contribution is 5.76. The third-order valence-corrected chi connectivity index (χ3v) is 4.34. The SMILES string of the molecule is CCN(Cc1ccccc1)C(=O)CCNc1ccccc1C(C)(C)C. The summed E-state index contributed by atoms with van der Waals surface area (Å²) in [7, 11) is 0. The lowest BCUT2D eigenvalue weighted by molar-refractivity contribution is -0.131. The molecule has 0 aromatic heterocycles. The van der Waals surface area contributed by atoms with Crippen molar-refractivity contribution < 1.29 is 4.79 Å². The number of amides is 1. The van der Waals surface area contributed by atoms with Gasteiger partial charge in [-0.3, -0.25) is 4.79 Å². The summed E-state index contributed by atoms with van der Waals surface area (Å²) in [5.74, 6) is 0.187. The summed E-state index contributed by atoms with van der Waals surface area (Å²) in [5, 5.41) is 3.45.